The zero-order valence-corrected chi connectivity index (χ0v) is 19.3. The van der Waals surface area contributed by atoms with Crippen molar-refractivity contribution in [2.45, 2.75) is 40.8 Å². The van der Waals surface area contributed by atoms with Crippen LogP contribution in [0, 0.1) is 13.8 Å². The van der Waals surface area contributed by atoms with Crippen molar-refractivity contribution in [3.63, 3.8) is 0 Å². The van der Waals surface area contributed by atoms with E-state index in [-0.39, 0.29) is 25.3 Å². The van der Waals surface area contributed by atoms with Crippen molar-refractivity contribution in [3.05, 3.63) is 57.0 Å². The number of benzene rings is 1. The predicted molar refractivity (Wildman–Crippen MR) is 123 cm³/mol. The van der Waals surface area contributed by atoms with Crippen LogP contribution in [0.5, 0.6) is 5.75 Å². The number of ether oxygens (including phenoxy) is 2. The summed E-state index contributed by atoms with van der Waals surface area (Å²) in [6.07, 6.45) is 0. The summed E-state index contributed by atoms with van der Waals surface area (Å²) in [5, 5.41) is 0.589. The maximum Gasteiger partial charge on any atom is 0.326 e. The Kier molecular flexibility index (Phi) is 7.81. The summed E-state index contributed by atoms with van der Waals surface area (Å²) in [4.78, 5) is 34.5. The quantitative estimate of drug-likeness (QED) is 0.353. The Morgan fingerprint density at radius 2 is 1.84 bits per heavy atom. The first kappa shape index (κ1) is 23.0. The van der Waals surface area contributed by atoms with Gasteiger partial charge in [-0.25, -0.2) is 4.98 Å². The Morgan fingerprint density at radius 3 is 2.52 bits per heavy atom. The second-order valence-electron chi connectivity index (χ2n) is 7.23. The van der Waals surface area contributed by atoms with E-state index in [4.69, 9.17) is 14.5 Å². The minimum absolute atomic E-state index is 0.111. The van der Waals surface area contributed by atoms with Gasteiger partial charge in [0.15, 0.2) is 0 Å². The lowest BCUT2D eigenvalue weighted by atomic mass is 10.2. The molecule has 0 amide bonds. The number of thiophene rings is 1. The smallest absolute Gasteiger partial charge is 0.326 e. The molecule has 0 radical (unpaired) electrons. The van der Waals surface area contributed by atoms with Gasteiger partial charge in [-0.3, -0.25) is 19.1 Å². The van der Waals surface area contributed by atoms with E-state index in [9.17, 15) is 9.59 Å². The van der Waals surface area contributed by atoms with Gasteiger partial charge in [-0.05, 0) is 44.6 Å². The molecular formula is C23H29N3O4S. The molecule has 0 aliphatic heterocycles. The molecule has 0 N–H and O–H groups in total. The topological polar surface area (TPSA) is 73.7 Å². The number of hydrogen-bond donors (Lipinski definition) is 0. The SMILES string of the molecule is CCN(CC)Cc1nc2sc(C)c(C)c2c(=O)n1CC(=O)OCCOc1ccccc1. The molecule has 2 heterocycles. The highest BCUT2D eigenvalue weighted by Crippen LogP contribution is 2.26. The Morgan fingerprint density at radius 1 is 1.13 bits per heavy atom. The van der Waals surface area contributed by atoms with Gasteiger partial charge in [0.05, 0.1) is 11.9 Å². The monoisotopic (exact) mass is 443 g/mol. The minimum Gasteiger partial charge on any atom is -0.490 e. The van der Waals surface area contributed by atoms with Gasteiger partial charge in [-0.15, -0.1) is 11.3 Å². The van der Waals surface area contributed by atoms with Crippen LogP contribution >= 0.6 is 11.3 Å². The third-order valence-corrected chi connectivity index (χ3v) is 6.37. The molecule has 3 rings (SSSR count). The molecule has 0 aliphatic carbocycles. The van der Waals surface area contributed by atoms with E-state index in [0.29, 0.717) is 23.5 Å². The molecule has 0 spiro atoms. The lowest BCUT2D eigenvalue weighted by molar-refractivity contribution is -0.145. The number of para-hydroxylation sites is 1. The van der Waals surface area contributed by atoms with Crippen molar-refractivity contribution in [1.82, 2.24) is 14.5 Å². The maximum atomic E-state index is 13.3. The van der Waals surface area contributed by atoms with E-state index in [0.717, 1.165) is 28.4 Å². The first-order chi connectivity index (χ1) is 14.9. The van der Waals surface area contributed by atoms with E-state index < -0.39 is 5.97 Å². The molecule has 0 saturated heterocycles. The Balaban J connectivity index is 1.76. The summed E-state index contributed by atoms with van der Waals surface area (Å²) in [6.45, 7) is 10.4. The molecule has 0 bridgehead atoms. The highest BCUT2D eigenvalue weighted by atomic mass is 32.1. The van der Waals surface area contributed by atoms with Gasteiger partial charge in [0.1, 0.15) is 36.2 Å². The van der Waals surface area contributed by atoms with E-state index in [2.05, 4.69) is 18.7 Å². The minimum atomic E-state index is -0.481. The lowest BCUT2D eigenvalue weighted by Gasteiger charge is -2.20. The zero-order valence-electron chi connectivity index (χ0n) is 18.5. The highest BCUT2D eigenvalue weighted by Gasteiger charge is 2.19. The summed E-state index contributed by atoms with van der Waals surface area (Å²) in [6, 6.07) is 9.34. The van der Waals surface area contributed by atoms with Crippen molar-refractivity contribution < 1.29 is 14.3 Å². The summed E-state index contributed by atoms with van der Waals surface area (Å²) in [7, 11) is 0. The van der Waals surface area contributed by atoms with E-state index in [1.54, 1.807) is 0 Å². The third kappa shape index (κ3) is 5.51. The average Bonchev–Trinajstić information content (AvgIpc) is 3.06. The number of esters is 1. The van der Waals surface area contributed by atoms with E-state index in [1.807, 2.05) is 44.2 Å². The molecule has 1 aromatic carbocycles. The van der Waals surface area contributed by atoms with Crippen molar-refractivity contribution in [1.29, 1.82) is 0 Å². The van der Waals surface area contributed by atoms with Gasteiger partial charge in [0.25, 0.3) is 5.56 Å². The standard InChI is InChI=1S/C23H29N3O4S/c1-5-25(6-2)14-19-24-22-21(16(3)17(4)31-22)23(28)26(19)15-20(27)30-13-12-29-18-10-8-7-9-11-18/h7-11H,5-6,12-15H2,1-4H3. The molecule has 31 heavy (non-hydrogen) atoms. The Hall–Kier alpha value is -2.71. The Labute approximate surface area is 186 Å². The van der Waals surface area contributed by atoms with Gasteiger partial charge in [0, 0.05) is 4.88 Å². The molecule has 7 nitrogen and oxygen atoms in total. The Bertz CT molecular complexity index is 1090. The second-order valence-corrected chi connectivity index (χ2v) is 8.43. The van der Waals surface area contributed by atoms with Gasteiger partial charge < -0.3 is 9.47 Å². The van der Waals surface area contributed by atoms with Crippen molar-refractivity contribution in [3.8, 4) is 5.75 Å². The number of carbonyl (C=O) groups is 1. The van der Waals surface area contributed by atoms with Crippen LogP contribution in [0.1, 0.15) is 30.1 Å². The van der Waals surface area contributed by atoms with Gasteiger partial charge >= 0.3 is 5.97 Å². The van der Waals surface area contributed by atoms with Crippen LogP contribution in [0.25, 0.3) is 10.2 Å². The molecule has 0 saturated carbocycles. The number of rotatable bonds is 10. The maximum absolute atomic E-state index is 13.3. The molecule has 0 fully saturated rings. The van der Waals surface area contributed by atoms with Gasteiger partial charge in [0.2, 0.25) is 0 Å². The number of nitrogens with zero attached hydrogens (tertiary/aromatic N) is 3. The van der Waals surface area contributed by atoms with Gasteiger partial charge in [-0.1, -0.05) is 32.0 Å². The van der Waals surface area contributed by atoms with Crippen LogP contribution in [0.15, 0.2) is 35.1 Å². The number of fused-ring (bicyclic) bond motifs is 1. The number of aromatic nitrogens is 2. The van der Waals surface area contributed by atoms with Crippen LogP contribution in [0.3, 0.4) is 0 Å². The largest absolute Gasteiger partial charge is 0.490 e. The lowest BCUT2D eigenvalue weighted by Crippen LogP contribution is -2.33. The average molecular weight is 444 g/mol. The fourth-order valence-electron chi connectivity index (χ4n) is 3.31. The van der Waals surface area contributed by atoms with Crippen LogP contribution < -0.4 is 10.3 Å². The fraction of sp³-hybridized carbons (Fsp3) is 0.435. The first-order valence-electron chi connectivity index (χ1n) is 10.5. The number of carbonyl (C=O) groups excluding carboxylic acids is 1. The molecule has 0 aliphatic rings. The fourth-order valence-corrected chi connectivity index (χ4v) is 4.35. The molecule has 0 unspecified atom stereocenters. The summed E-state index contributed by atoms with van der Waals surface area (Å²) >= 11 is 1.52. The second kappa shape index (κ2) is 10.5. The first-order valence-corrected chi connectivity index (χ1v) is 11.3. The molecular weight excluding hydrogens is 414 g/mol. The summed E-state index contributed by atoms with van der Waals surface area (Å²) in [5.74, 6) is 0.819. The zero-order chi connectivity index (χ0) is 22.4. The molecule has 2 aromatic heterocycles. The van der Waals surface area contributed by atoms with E-state index in [1.165, 1.54) is 15.9 Å². The van der Waals surface area contributed by atoms with Crippen LogP contribution in [0.4, 0.5) is 0 Å². The van der Waals surface area contributed by atoms with Crippen molar-refractivity contribution in [2.24, 2.45) is 0 Å². The number of aryl methyl sites for hydroxylation is 2. The normalized spacial score (nSPS) is 11.3. The van der Waals surface area contributed by atoms with Crippen LogP contribution in [0.2, 0.25) is 0 Å². The molecule has 0 atom stereocenters. The third-order valence-electron chi connectivity index (χ3n) is 5.27. The van der Waals surface area contributed by atoms with Crippen LogP contribution in [-0.4, -0.2) is 46.7 Å². The van der Waals surface area contributed by atoms with Crippen molar-refractivity contribution in [2.75, 3.05) is 26.3 Å². The van der Waals surface area contributed by atoms with E-state index >= 15 is 0 Å². The summed E-state index contributed by atoms with van der Waals surface area (Å²) < 4.78 is 12.3. The number of hydrogen-bond acceptors (Lipinski definition) is 7. The molecule has 166 valence electrons. The molecule has 8 heteroatoms. The van der Waals surface area contributed by atoms with Gasteiger partial charge in [-0.2, -0.15) is 0 Å². The summed E-state index contributed by atoms with van der Waals surface area (Å²) in [5.41, 5.74) is 0.733. The van der Waals surface area contributed by atoms with Crippen LogP contribution in [-0.2, 0) is 22.6 Å². The van der Waals surface area contributed by atoms with Crippen molar-refractivity contribution >= 4 is 27.5 Å². The predicted octanol–water partition coefficient (Wildman–Crippen LogP) is 3.54. The molecule has 3 aromatic rings. The highest BCUT2D eigenvalue weighted by molar-refractivity contribution is 7.18.